The Morgan fingerprint density at radius 3 is 2.26 bits per heavy atom. The monoisotopic (exact) mass is 268 g/mol. The number of ether oxygens (including phenoxy) is 1. The molecule has 2 aliphatic carbocycles. The molecule has 2 fully saturated rings. The molecule has 2 aliphatic rings. The van der Waals surface area contributed by atoms with Crippen molar-refractivity contribution in [2.45, 2.75) is 88.7 Å². The Kier molecular flexibility index (Phi) is 6.11. The van der Waals surface area contributed by atoms with Gasteiger partial charge in [-0.3, -0.25) is 11.3 Å². The minimum atomic E-state index is -0.0101. The average Bonchev–Trinajstić information content (AvgIpc) is 2.84. The van der Waals surface area contributed by atoms with Gasteiger partial charge in [0.15, 0.2) is 0 Å². The largest absolute Gasteiger partial charge is 0.377 e. The first-order valence-electron chi connectivity index (χ1n) is 8.32. The normalized spacial score (nSPS) is 26.2. The van der Waals surface area contributed by atoms with Crippen molar-refractivity contribution in [3.8, 4) is 0 Å². The smallest absolute Gasteiger partial charge is 0.0844 e. The molecule has 2 saturated carbocycles. The van der Waals surface area contributed by atoms with Crippen LogP contribution in [0, 0.1) is 5.92 Å². The molecule has 0 bridgehead atoms. The van der Waals surface area contributed by atoms with Crippen molar-refractivity contribution in [3.63, 3.8) is 0 Å². The van der Waals surface area contributed by atoms with Crippen LogP contribution in [0.3, 0.4) is 0 Å². The Morgan fingerprint density at radius 2 is 1.74 bits per heavy atom. The highest BCUT2D eigenvalue weighted by atomic mass is 16.5. The van der Waals surface area contributed by atoms with Crippen LogP contribution < -0.4 is 11.3 Å². The lowest BCUT2D eigenvalue weighted by atomic mass is 9.82. The molecule has 0 aromatic rings. The van der Waals surface area contributed by atoms with Crippen LogP contribution in [0.4, 0.5) is 0 Å². The molecule has 1 unspecified atom stereocenters. The van der Waals surface area contributed by atoms with Crippen LogP contribution in [0.2, 0.25) is 0 Å². The summed E-state index contributed by atoms with van der Waals surface area (Å²) >= 11 is 0. The van der Waals surface area contributed by atoms with E-state index < -0.39 is 0 Å². The number of hydrogen-bond donors (Lipinski definition) is 2. The van der Waals surface area contributed by atoms with Crippen molar-refractivity contribution in [2.24, 2.45) is 11.8 Å². The topological polar surface area (TPSA) is 47.3 Å². The van der Waals surface area contributed by atoms with E-state index in [2.05, 4.69) is 5.43 Å². The maximum Gasteiger partial charge on any atom is 0.0844 e. The minimum Gasteiger partial charge on any atom is -0.377 e. The van der Waals surface area contributed by atoms with Gasteiger partial charge in [-0.25, -0.2) is 0 Å². The fourth-order valence-electron chi connectivity index (χ4n) is 4.22. The maximum absolute atomic E-state index is 5.98. The van der Waals surface area contributed by atoms with E-state index >= 15 is 0 Å². The van der Waals surface area contributed by atoms with Gasteiger partial charge < -0.3 is 4.74 Å². The van der Waals surface area contributed by atoms with E-state index in [9.17, 15) is 0 Å². The van der Waals surface area contributed by atoms with Crippen LogP contribution in [0.15, 0.2) is 0 Å². The van der Waals surface area contributed by atoms with E-state index in [1.807, 2.05) is 7.11 Å². The van der Waals surface area contributed by atoms with Crippen LogP contribution in [0.1, 0.15) is 77.0 Å². The van der Waals surface area contributed by atoms with E-state index in [1.165, 1.54) is 77.0 Å². The molecule has 0 radical (unpaired) electrons. The van der Waals surface area contributed by atoms with Crippen molar-refractivity contribution in [1.29, 1.82) is 0 Å². The van der Waals surface area contributed by atoms with Gasteiger partial charge in [-0.1, -0.05) is 51.4 Å². The summed E-state index contributed by atoms with van der Waals surface area (Å²) < 4.78 is 5.98. The number of methoxy groups -OCH3 is 1. The summed E-state index contributed by atoms with van der Waals surface area (Å²) in [7, 11) is 1.88. The van der Waals surface area contributed by atoms with Crippen LogP contribution in [-0.2, 0) is 4.74 Å². The molecule has 1 atom stereocenters. The third-order valence-electron chi connectivity index (χ3n) is 5.53. The summed E-state index contributed by atoms with van der Waals surface area (Å²) in [5, 5.41) is 0. The second-order valence-electron chi connectivity index (χ2n) is 6.63. The summed E-state index contributed by atoms with van der Waals surface area (Å²) in [6.45, 7) is 0. The third kappa shape index (κ3) is 3.93. The zero-order valence-corrected chi connectivity index (χ0v) is 12.6. The van der Waals surface area contributed by atoms with Crippen molar-refractivity contribution in [2.75, 3.05) is 7.11 Å². The highest BCUT2D eigenvalue weighted by Crippen LogP contribution is 2.36. The fourth-order valence-corrected chi connectivity index (χ4v) is 4.22. The molecular formula is C16H32N2O. The second-order valence-corrected chi connectivity index (χ2v) is 6.63. The molecule has 0 saturated heterocycles. The van der Waals surface area contributed by atoms with Gasteiger partial charge in [0, 0.05) is 7.11 Å². The van der Waals surface area contributed by atoms with Crippen LogP contribution in [0.5, 0.6) is 0 Å². The van der Waals surface area contributed by atoms with Gasteiger partial charge in [0.25, 0.3) is 0 Å². The fraction of sp³-hybridized carbons (Fsp3) is 1.00. The lowest BCUT2D eigenvalue weighted by Crippen LogP contribution is -2.54. The van der Waals surface area contributed by atoms with Gasteiger partial charge in [0.05, 0.1) is 11.6 Å². The summed E-state index contributed by atoms with van der Waals surface area (Å²) in [6.07, 6.45) is 15.8. The van der Waals surface area contributed by atoms with E-state index in [-0.39, 0.29) is 5.60 Å². The van der Waals surface area contributed by atoms with Crippen LogP contribution in [0.25, 0.3) is 0 Å². The SMILES string of the molecule is COC1(C(CCC2CCCC2)NN)CCCCCC1. The third-order valence-corrected chi connectivity index (χ3v) is 5.53. The van der Waals surface area contributed by atoms with Crippen molar-refractivity contribution in [1.82, 2.24) is 5.43 Å². The molecule has 19 heavy (non-hydrogen) atoms. The van der Waals surface area contributed by atoms with Gasteiger partial charge in [-0.2, -0.15) is 0 Å². The first kappa shape index (κ1) is 15.3. The number of rotatable bonds is 6. The summed E-state index contributed by atoms with van der Waals surface area (Å²) in [6, 6.07) is 0.330. The van der Waals surface area contributed by atoms with Crippen molar-refractivity contribution >= 4 is 0 Å². The van der Waals surface area contributed by atoms with Gasteiger partial charge >= 0.3 is 0 Å². The van der Waals surface area contributed by atoms with Crippen LogP contribution in [-0.4, -0.2) is 18.8 Å². The maximum atomic E-state index is 5.98. The van der Waals surface area contributed by atoms with Gasteiger partial charge in [-0.05, 0) is 31.6 Å². The van der Waals surface area contributed by atoms with E-state index in [4.69, 9.17) is 10.6 Å². The molecule has 0 amide bonds. The van der Waals surface area contributed by atoms with E-state index in [0.717, 1.165) is 5.92 Å². The predicted molar refractivity (Wildman–Crippen MR) is 79.7 cm³/mol. The number of hydrogen-bond acceptors (Lipinski definition) is 3. The standard InChI is InChI=1S/C16H32N2O/c1-19-16(12-6-2-3-7-13-16)15(18-17)11-10-14-8-4-5-9-14/h14-15,18H,2-13,17H2,1H3. The molecule has 3 heteroatoms. The van der Waals surface area contributed by atoms with E-state index in [0.29, 0.717) is 6.04 Å². The molecule has 112 valence electrons. The molecule has 0 aromatic heterocycles. The van der Waals surface area contributed by atoms with E-state index in [1.54, 1.807) is 0 Å². The van der Waals surface area contributed by atoms with Gasteiger partial charge in [0.2, 0.25) is 0 Å². The van der Waals surface area contributed by atoms with Gasteiger partial charge in [0.1, 0.15) is 0 Å². The Labute approximate surface area is 118 Å². The van der Waals surface area contributed by atoms with Gasteiger partial charge in [-0.15, -0.1) is 0 Å². The molecule has 0 aromatic carbocycles. The summed E-state index contributed by atoms with van der Waals surface area (Å²) in [5.41, 5.74) is 3.08. The highest BCUT2D eigenvalue weighted by molar-refractivity contribution is 4.94. The summed E-state index contributed by atoms with van der Waals surface area (Å²) in [4.78, 5) is 0. The minimum absolute atomic E-state index is 0.0101. The number of hydrazine groups is 1. The second kappa shape index (κ2) is 7.61. The lowest BCUT2D eigenvalue weighted by molar-refractivity contribution is -0.0560. The molecule has 3 nitrogen and oxygen atoms in total. The highest BCUT2D eigenvalue weighted by Gasteiger charge is 2.38. The zero-order valence-electron chi connectivity index (χ0n) is 12.6. The zero-order chi connectivity index (χ0) is 13.6. The molecule has 2 rings (SSSR count). The molecule has 0 aliphatic heterocycles. The predicted octanol–water partition coefficient (Wildman–Crippen LogP) is 3.53. The average molecular weight is 268 g/mol. The number of nitrogens with one attached hydrogen (secondary N) is 1. The Balaban J connectivity index is 1.91. The summed E-state index contributed by atoms with van der Waals surface area (Å²) in [5.74, 6) is 6.81. The quantitative estimate of drug-likeness (QED) is 0.440. The Hall–Kier alpha value is -0.120. The first-order valence-corrected chi connectivity index (χ1v) is 8.32. The van der Waals surface area contributed by atoms with Crippen molar-refractivity contribution < 1.29 is 4.74 Å². The lowest BCUT2D eigenvalue weighted by Gasteiger charge is -2.39. The Morgan fingerprint density at radius 1 is 1.11 bits per heavy atom. The molecule has 0 spiro atoms. The molecule has 0 heterocycles. The Bertz CT molecular complexity index is 243. The van der Waals surface area contributed by atoms with Crippen molar-refractivity contribution in [3.05, 3.63) is 0 Å². The number of nitrogens with two attached hydrogens (primary N) is 1. The molecule has 3 N–H and O–H groups in total. The van der Waals surface area contributed by atoms with Crippen LogP contribution >= 0.6 is 0 Å². The first-order chi connectivity index (χ1) is 9.30. The molecular weight excluding hydrogens is 236 g/mol.